The summed E-state index contributed by atoms with van der Waals surface area (Å²) in [5.74, 6) is -0.362. The highest BCUT2D eigenvalue weighted by Crippen LogP contribution is 2.27. The van der Waals surface area contributed by atoms with Crippen molar-refractivity contribution in [3.05, 3.63) is 30.3 Å². The number of hydrogen-bond acceptors (Lipinski definition) is 4. The van der Waals surface area contributed by atoms with Gasteiger partial charge in [0.25, 0.3) is 5.78 Å². The number of ketones is 1. The molecule has 1 aliphatic rings. The molecule has 0 amide bonds. The minimum atomic E-state index is -0.720. The summed E-state index contributed by atoms with van der Waals surface area (Å²) in [5, 5.41) is 12.2. The maximum Gasteiger partial charge on any atom is 0.257 e. The Morgan fingerprint density at radius 1 is 1.33 bits per heavy atom. The van der Waals surface area contributed by atoms with E-state index in [0.29, 0.717) is 12.8 Å². The summed E-state index contributed by atoms with van der Waals surface area (Å²) in [7, 11) is 2.03. The van der Waals surface area contributed by atoms with E-state index in [-0.39, 0.29) is 5.78 Å². The van der Waals surface area contributed by atoms with Crippen LogP contribution < -0.4 is 5.32 Å². The van der Waals surface area contributed by atoms with E-state index < -0.39 is 5.54 Å². The first-order valence-electron chi connectivity index (χ1n) is 6.13. The molecule has 2 rings (SSSR count). The van der Waals surface area contributed by atoms with Crippen LogP contribution >= 0.6 is 0 Å². The number of likely N-dealkylation sites (tertiary alicyclic amines) is 1. The summed E-state index contributed by atoms with van der Waals surface area (Å²) in [6, 6.07) is 11.4. The largest absolute Gasteiger partial charge is 0.372 e. The third-order valence-corrected chi connectivity index (χ3v) is 3.53. The van der Waals surface area contributed by atoms with Gasteiger partial charge >= 0.3 is 0 Å². The maximum atomic E-state index is 12.0. The number of benzene rings is 1. The topological polar surface area (TPSA) is 56.1 Å². The number of hydrogen-bond donors (Lipinski definition) is 1. The average Bonchev–Trinajstić information content (AvgIpc) is 2.42. The standard InChI is InChI=1S/C14H17N3O/c1-17-9-7-14(8-10-17,13(18)11-15)16-12-5-3-2-4-6-12/h2-6,16H,7-10H2,1H3. The molecule has 0 atom stereocenters. The number of nitrogens with one attached hydrogen (secondary N) is 1. The summed E-state index contributed by atoms with van der Waals surface area (Å²) >= 11 is 0. The molecule has 0 radical (unpaired) electrons. The molecular weight excluding hydrogens is 226 g/mol. The van der Waals surface area contributed by atoms with Crippen molar-refractivity contribution in [1.29, 1.82) is 5.26 Å². The molecule has 1 aromatic rings. The summed E-state index contributed by atoms with van der Waals surface area (Å²) in [5.41, 5.74) is 0.174. The third kappa shape index (κ3) is 2.52. The van der Waals surface area contributed by atoms with Crippen LogP contribution in [-0.2, 0) is 4.79 Å². The Labute approximate surface area is 107 Å². The Balaban J connectivity index is 2.21. The van der Waals surface area contributed by atoms with E-state index >= 15 is 0 Å². The van der Waals surface area contributed by atoms with Gasteiger partial charge in [0.15, 0.2) is 0 Å². The van der Waals surface area contributed by atoms with Crippen molar-refractivity contribution in [3.8, 4) is 6.07 Å². The lowest BCUT2D eigenvalue weighted by Crippen LogP contribution is -2.53. The molecule has 1 heterocycles. The second-order valence-corrected chi connectivity index (χ2v) is 4.82. The molecule has 1 N–H and O–H groups in total. The van der Waals surface area contributed by atoms with Crippen LogP contribution in [0, 0.1) is 11.3 Å². The second kappa shape index (κ2) is 5.19. The highest BCUT2D eigenvalue weighted by atomic mass is 16.1. The number of carbonyl (C=O) groups is 1. The van der Waals surface area contributed by atoms with Crippen molar-refractivity contribution in [2.24, 2.45) is 0 Å². The van der Waals surface area contributed by atoms with Crippen LogP contribution in [0.4, 0.5) is 5.69 Å². The van der Waals surface area contributed by atoms with Gasteiger partial charge in [-0.3, -0.25) is 4.79 Å². The Bertz CT molecular complexity index is 456. The van der Waals surface area contributed by atoms with E-state index in [4.69, 9.17) is 5.26 Å². The van der Waals surface area contributed by atoms with Gasteiger partial charge in [0.05, 0.1) is 0 Å². The lowest BCUT2D eigenvalue weighted by molar-refractivity contribution is -0.119. The third-order valence-electron chi connectivity index (χ3n) is 3.53. The van der Waals surface area contributed by atoms with Crippen molar-refractivity contribution in [2.45, 2.75) is 18.4 Å². The van der Waals surface area contributed by atoms with Crippen LogP contribution in [0.25, 0.3) is 0 Å². The molecule has 0 unspecified atom stereocenters. The molecule has 4 heteroatoms. The van der Waals surface area contributed by atoms with Gasteiger partial charge in [-0.05, 0) is 32.0 Å². The Kier molecular flexibility index (Phi) is 3.63. The molecular formula is C14H17N3O. The van der Waals surface area contributed by atoms with Crippen molar-refractivity contribution >= 4 is 11.5 Å². The van der Waals surface area contributed by atoms with E-state index in [1.165, 1.54) is 0 Å². The molecule has 0 spiro atoms. The zero-order chi connectivity index (χ0) is 13.0. The molecule has 0 saturated carbocycles. The fraction of sp³-hybridized carbons (Fsp3) is 0.429. The van der Waals surface area contributed by atoms with Crippen LogP contribution in [0.5, 0.6) is 0 Å². The number of Topliss-reactive ketones (excluding diaryl/α,β-unsaturated/α-hetero) is 1. The van der Waals surface area contributed by atoms with Crippen molar-refractivity contribution in [1.82, 2.24) is 4.90 Å². The predicted octanol–water partition coefficient (Wildman–Crippen LogP) is 1.66. The van der Waals surface area contributed by atoms with E-state index in [2.05, 4.69) is 10.2 Å². The Morgan fingerprint density at radius 2 is 1.94 bits per heavy atom. The monoisotopic (exact) mass is 243 g/mol. The maximum absolute atomic E-state index is 12.0. The Morgan fingerprint density at radius 3 is 2.50 bits per heavy atom. The molecule has 4 nitrogen and oxygen atoms in total. The first-order chi connectivity index (χ1) is 8.66. The lowest BCUT2D eigenvalue weighted by atomic mass is 9.83. The van der Waals surface area contributed by atoms with Gasteiger partial charge in [-0.1, -0.05) is 18.2 Å². The van der Waals surface area contributed by atoms with Gasteiger partial charge in [-0.25, -0.2) is 0 Å². The summed E-state index contributed by atoms with van der Waals surface area (Å²) < 4.78 is 0. The predicted molar refractivity (Wildman–Crippen MR) is 70.1 cm³/mol. The number of rotatable bonds is 3. The molecule has 0 aromatic heterocycles. The first kappa shape index (κ1) is 12.6. The normalized spacial score (nSPS) is 18.9. The highest BCUT2D eigenvalue weighted by molar-refractivity contribution is 6.03. The molecule has 1 saturated heterocycles. The molecule has 94 valence electrons. The van der Waals surface area contributed by atoms with E-state index in [9.17, 15) is 4.79 Å². The first-order valence-corrected chi connectivity index (χ1v) is 6.13. The quantitative estimate of drug-likeness (QED) is 0.820. The summed E-state index contributed by atoms with van der Waals surface area (Å²) in [4.78, 5) is 14.1. The summed E-state index contributed by atoms with van der Waals surface area (Å²) in [6.07, 6.45) is 1.34. The Hall–Kier alpha value is -1.86. The van der Waals surface area contributed by atoms with Gasteiger partial charge in [0.1, 0.15) is 11.6 Å². The fourth-order valence-corrected chi connectivity index (χ4v) is 2.31. The number of nitriles is 1. The zero-order valence-corrected chi connectivity index (χ0v) is 10.5. The summed E-state index contributed by atoms with van der Waals surface area (Å²) in [6.45, 7) is 1.65. The zero-order valence-electron chi connectivity index (χ0n) is 10.5. The van der Waals surface area contributed by atoms with Crippen LogP contribution in [0.1, 0.15) is 12.8 Å². The van der Waals surface area contributed by atoms with Gasteiger partial charge < -0.3 is 10.2 Å². The highest BCUT2D eigenvalue weighted by Gasteiger charge is 2.40. The number of piperidine rings is 1. The minimum Gasteiger partial charge on any atom is -0.372 e. The van der Waals surface area contributed by atoms with E-state index in [1.807, 2.05) is 37.4 Å². The van der Waals surface area contributed by atoms with Gasteiger partial charge in [-0.15, -0.1) is 0 Å². The smallest absolute Gasteiger partial charge is 0.257 e. The van der Waals surface area contributed by atoms with Crippen molar-refractivity contribution in [2.75, 3.05) is 25.5 Å². The fourth-order valence-electron chi connectivity index (χ4n) is 2.31. The number of nitrogens with zero attached hydrogens (tertiary/aromatic N) is 2. The molecule has 0 bridgehead atoms. The number of anilines is 1. The van der Waals surface area contributed by atoms with Crippen molar-refractivity contribution < 1.29 is 4.79 Å². The van der Waals surface area contributed by atoms with Crippen LogP contribution in [0.15, 0.2) is 30.3 Å². The van der Waals surface area contributed by atoms with Crippen LogP contribution in [0.2, 0.25) is 0 Å². The molecule has 18 heavy (non-hydrogen) atoms. The van der Waals surface area contributed by atoms with Crippen LogP contribution in [-0.4, -0.2) is 36.4 Å². The van der Waals surface area contributed by atoms with E-state index in [0.717, 1.165) is 18.8 Å². The SMILES string of the molecule is CN1CCC(Nc2ccccc2)(C(=O)C#N)CC1. The lowest BCUT2D eigenvalue weighted by Gasteiger charge is -2.39. The molecule has 0 aliphatic carbocycles. The number of carbonyl (C=O) groups excluding carboxylic acids is 1. The molecule has 1 aromatic carbocycles. The van der Waals surface area contributed by atoms with E-state index in [1.54, 1.807) is 6.07 Å². The average molecular weight is 243 g/mol. The molecule has 1 fully saturated rings. The minimum absolute atomic E-state index is 0.362. The van der Waals surface area contributed by atoms with Gasteiger partial charge in [0, 0.05) is 18.8 Å². The van der Waals surface area contributed by atoms with Crippen LogP contribution in [0.3, 0.4) is 0 Å². The van der Waals surface area contributed by atoms with Gasteiger partial charge in [0.2, 0.25) is 0 Å². The van der Waals surface area contributed by atoms with Gasteiger partial charge in [-0.2, -0.15) is 5.26 Å². The second-order valence-electron chi connectivity index (χ2n) is 4.82. The van der Waals surface area contributed by atoms with Crippen molar-refractivity contribution in [3.63, 3.8) is 0 Å². The number of para-hydroxylation sites is 1. The molecule has 1 aliphatic heterocycles.